The van der Waals surface area contributed by atoms with Crippen molar-refractivity contribution in [3.05, 3.63) is 29.3 Å². The summed E-state index contributed by atoms with van der Waals surface area (Å²) >= 11 is 0. The van der Waals surface area contributed by atoms with Crippen molar-refractivity contribution >= 4 is 11.6 Å². The van der Waals surface area contributed by atoms with Crippen LogP contribution >= 0.6 is 0 Å². The first-order valence-corrected chi connectivity index (χ1v) is 8.47. The lowest BCUT2D eigenvalue weighted by atomic mass is 10.2. The van der Waals surface area contributed by atoms with Crippen LogP contribution in [0.3, 0.4) is 0 Å². The standard InChI is InChI=1S/C17H26N6O/c1-12-8-18-23(9-12)10-15-6-5-7-22(15)11-16(24)19-17-13(2)20-21(4)14(17)3/h8-9,15H,5-7,10-11H2,1-4H3,(H,19,24)/t15-/m0/s1. The number of anilines is 1. The van der Waals surface area contributed by atoms with Crippen LogP contribution in [0.15, 0.2) is 12.4 Å². The predicted molar refractivity (Wildman–Crippen MR) is 92.9 cm³/mol. The quantitative estimate of drug-likeness (QED) is 0.905. The zero-order chi connectivity index (χ0) is 17.3. The van der Waals surface area contributed by atoms with Crippen molar-refractivity contribution in [2.24, 2.45) is 7.05 Å². The third kappa shape index (κ3) is 3.51. The summed E-state index contributed by atoms with van der Waals surface area (Å²) in [5, 5.41) is 11.7. The van der Waals surface area contributed by atoms with Crippen LogP contribution in [0.5, 0.6) is 0 Å². The Labute approximate surface area is 142 Å². The van der Waals surface area contributed by atoms with Crippen LogP contribution in [0.4, 0.5) is 5.69 Å². The minimum Gasteiger partial charge on any atom is -0.322 e. The molecule has 1 aliphatic rings. The molecule has 2 aromatic rings. The van der Waals surface area contributed by atoms with E-state index in [1.807, 2.05) is 38.7 Å². The van der Waals surface area contributed by atoms with Crippen molar-refractivity contribution in [1.82, 2.24) is 24.5 Å². The average molecular weight is 330 g/mol. The first-order chi connectivity index (χ1) is 11.4. The van der Waals surface area contributed by atoms with E-state index < -0.39 is 0 Å². The van der Waals surface area contributed by atoms with Gasteiger partial charge in [0.1, 0.15) is 0 Å². The smallest absolute Gasteiger partial charge is 0.238 e. The molecular formula is C17H26N6O. The molecule has 0 aromatic carbocycles. The highest BCUT2D eigenvalue weighted by molar-refractivity contribution is 5.93. The molecule has 2 aromatic heterocycles. The second kappa shape index (κ2) is 6.76. The van der Waals surface area contributed by atoms with E-state index in [9.17, 15) is 4.79 Å². The van der Waals surface area contributed by atoms with Gasteiger partial charge in [-0.15, -0.1) is 0 Å². The number of carbonyl (C=O) groups is 1. The Morgan fingerprint density at radius 3 is 2.79 bits per heavy atom. The maximum absolute atomic E-state index is 12.5. The van der Waals surface area contributed by atoms with Crippen LogP contribution < -0.4 is 5.32 Å². The number of aryl methyl sites for hydroxylation is 3. The van der Waals surface area contributed by atoms with Gasteiger partial charge >= 0.3 is 0 Å². The van der Waals surface area contributed by atoms with Crippen molar-refractivity contribution < 1.29 is 4.79 Å². The molecule has 0 spiro atoms. The number of likely N-dealkylation sites (tertiary alicyclic amines) is 1. The molecule has 130 valence electrons. The van der Waals surface area contributed by atoms with E-state index in [4.69, 9.17) is 0 Å². The molecule has 1 amide bonds. The second-order valence-electron chi connectivity index (χ2n) is 6.72. The highest BCUT2D eigenvalue weighted by atomic mass is 16.2. The summed E-state index contributed by atoms with van der Waals surface area (Å²) in [6.45, 7) is 8.14. The van der Waals surface area contributed by atoms with Crippen molar-refractivity contribution in [2.75, 3.05) is 18.4 Å². The largest absolute Gasteiger partial charge is 0.322 e. The third-order valence-electron chi connectivity index (χ3n) is 4.78. The summed E-state index contributed by atoms with van der Waals surface area (Å²) in [4.78, 5) is 14.7. The van der Waals surface area contributed by atoms with Gasteiger partial charge < -0.3 is 5.32 Å². The molecule has 0 aliphatic carbocycles. The molecule has 7 nitrogen and oxygen atoms in total. The average Bonchev–Trinajstić information content (AvgIpc) is 3.18. The Balaban J connectivity index is 1.60. The molecule has 0 bridgehead atoms. The molecule has 7 heteroatoms. The normalized spacial score (nSPS) is 18.2. The Hall–Kier alpha value is -2.15. The van der Waals surface area contributed by atoms with Gasteiger partial charge in [-0.25, -0.2) is 0 Å². The molecule has 1 N–H and O–H groups in total. The highest BCUT2D eigenvalue weighted by Crippen LogP contribution is 2.21. The van der Waals surface area contributed by atoms with Crippen LogP contribution in [0, 0.1) is 20.8 Å². The van der Waals surface area contributed by atoms with Crippen molar-refractivity contribution in [1.29, 1.82) is 0 Å². The van der Waals surface area contributed by atoms with Crippen molar-refractivity contribution in [3.8, 4) is 0 Å². The van der Waals surface area contributed by atoms with Crippen LogP contribution in [-0.4, -0.2) is 49.5 Å². The SMILES string of the molecule is Cc1cnn(C[C@@H]2CCCN2CC(=O)Nc2c(C)nn(C)c2C)c1. The summed E-state index contributed by atoms with van der Waals surface area (Å²) in [5.74, 6) is 0.0257. The molecule has 1 fully saturated rings. The number of nitrogens with zero attached hydrogens (tertiary/aromatic N) is 5. The van der Waals surface area contributed by atoms with E-state index in [0.717, 1.165) is 43.0 Å². The first-order valence-electron chi connectivity index (χ1n) is 8.47. The maximum atomic E-state index is 12.5. The van der Waals surface area contributed by atoms with E-state index in [2.05, 4.69) is 26.6 Å². The van der Waals surface area contributed by atoms with Crippen LogP contribution in [-0.2, 0) is 18.4 Å². The molecular weight excluding hydrogens is 304 g/mol. The zero-order valence-corrected chi connectivity index (χ0v) is 14.9. The summed E-state index contributed by atoms with van der Waals surface area (Å²) in [6.07, 6.45) is 6.17. The number of amides is 1. The molecule has 1 aliphatic heterocycles. The van der Waals surface area contributed by atoms with Gasteiger partial charge in [-0.1, -0.05) is 0 Å². The predicted octanol–water partition coefficient (Wildman–Crippen LogP) is 1.64. The number of carbonyl (C=O) groups excluding carboxylic acids is 1. The Morgan fingerprint density at radius 1 is 1.38 bits per heavy atom. The van der Waals surface area contributed by atoms with E-state index in [1.54, 1.807) is 4.68 Å². The van der Waals surface area contributed by atoms with Gasteiger partial charge in [0.05, 0.1) is 36.4 Å². The Bertz CT molecular complexity index is 732. The summed E-state index contributed by atoms with van der Waals surface area (Å²) < 4.78 is 3.77. The Kier molecular flexibility index (Phi) is 4.71. The molecule has 24 heavy (non-hydrogen) atoms. The van der Waals surface area contributed by atoms with Gasteiger partial charge in [0.15, 0.2) is 0 Å². The fourth-order valence-electron chi connectivity index (χ4n) is 3.41. The zero-order valence-electron chi connectivity index (χ0n) is 14.9. The molecule has 0 saturated carbocycles. The van der Waals surface area contributed by atoms with Crippen LogP contribution in [0.2, 0.25) is 0 Å². The summed E-state index contributed by atoms with van der Waals surface area (Å²) in [7, 11) is 1.89. The fraction of sp³-hybridized carbons (Fsp3) is 0.588. The summed E-state index contributed by atoms with van der Waals surface area (Å²) in [6, 6.07) is 0.367. The number of nitrogens with one attached hydrogen (secondary N) is 1. The number of hydrogen-bond acceptors (Lipinski definition) is 4. The monoisotopic (exact) mass is 330 g/mol. The van der Waals surface area contributed by atoms with E-state index in [0.29, 0.717) is 12.6 Å². The fourth-order valence-corrected chi connectivity index (χ4v) is 3.41. The second-order valence-corrected chi connectivity index (χ2v) is 6.72. The molecule has 1 atom stereocenters. The number of rotatable bonds is 5. The molecule has 1 saturated heterocycles. The molecule has 3 rings (SSSR count). The lowest BCUT2D eigenvalue weighted by molar-refractivity contribution is -0.117. The minimum absolute atomic E-state index is 0.0257. The molecule has 0 radical (unpaired) electrons. The maximum Gasteiger partial charge on any atom is 0.238 e. The Morgan fingerprint density at radius 2 is 2.17 bits per heavy atom. The van der Waals surface area contributed by atoms with Crippen LogP contribution in [0.25, 0.3) is 0 Å². The van der Waals surface area contributed by atoms with Crippen molar-refractivity contribution in [2.45, 2.75) is 46.2 Å². The lowest BCUT2D eigenvalue weighted by Gasteiger charge is -2.23. The topological polar surface area (TPSA) is 68.0 Å². The van der Waals surface area contributed by atoms with Crippen molar-refractivity contribution in [3.63, 3.8) is 0 Å². The van der Waals surface area contributed by atoms with Gasteiger partial charge in [0.25, 0.3) is 0 Å². The van der Waals surface area contributed by atoms with E-state index in [1.165, 1.54) is 5.56 Å². The van der Waals surface area contributed by atoms with Gasteiger partial charge in [0, 0.05) is 19.3 Å². The third-order valence-corrected chi connectivity index (χ3v) is 4.78. The number of aromatic nitrogens is 4. The van der Waals surface area contributed by atoms with Crippen LogP contribution in [0.1, 0.15) is 29.8 Å². The molecule has 3 heterocycles. The van der Waals surface area contributed by atoms with Gasteiger partial charge in [0.2, 0.25) is 5.91 Å². The lowest BCUT2D eigenvalue weighted by Crippen LogP contribution is -2.39. The number of hydrogen-bond donors (Lipinski definition) is 1. The van der Waals surface area contributed by atoms with Gasteiger partial charge in [-0.05, 0) is 45.7 Å². The summed E-state index contributed by atoms with van der Waals surface area (Å²) in [5.41, 5.74) is 3.83. The first kappa shape index (κ1) is 16.7. The highest BCUT2D eigenvalue weighted by Gasteiger charge is 2.27. The van der Waals surface area contributed by atoms with Gasteiger partial charge in [-0.3, -0.25) is 19.1 Å². The van der Waals surface area contributed by atoms with E-state index in [-0.39, 0.29) is 5.91 Å². The minimum atomic E-state index is 0.0257. The van der Waals surface area contributed by atoms with Gasteiger partial charge in [-0.2, -0.15) is 10.2 Å². The van der Waals surface area contributed by atoms with E-state index >= 15 is 0 Å². The molecule has 0 unspecified atom stereocenters.